The second-order valence-corrected chi connectivity index (χ2v) is 6.83. The second-order valence-electron chi connectivity index (χ2n) is 6.83. The summed E-state index contributed by atoms with van der Waals surface area (Å²) in [6.07, 6.45) is 4.27. The van der Waals surface area contributed by atoms with Crippen molar-refractivity contribution in [3.05, 3.63) is 91.3 Å². The first-order chi connectivity index (χ1) is 13.1. The average Bonchev–Trinajstić information content (AvgIpc) is 2.70. The fourth-order valence-corrected chi connectivity index (χ4v) is 3.56. The van der Waals surface area contributed by atoms with E-state index in [1.807, 2.05) is 6.07 Å². The third-order valence-electron chi connectivity index (χ3n) is 5.05. The first kappa shape index (κ1) is 17.1. The third kappa shape index (κ3) is 3.24. The number of hydrogen-bond donors (Lipinski definition) is 0. The van der Waals surface area contributed by atoms with Crippen molar-refractivity contribution in [3.8, 4) is 33.9 Å². The molecule has 0 spiro atoms. The van der Waals surface area contributed by atoms with E-state index in [-0.39, 0.29) is 0 Å². The van der Waals surface area contributed by atoms with Crippen molar-refractivity contribution >= 4 is 0 Å². The largest absolute Gasteiger partial charge is 0.277 e. The minimum Gasteiger partial charge on any atom is -0.196 e. The normalized spacial score (nSPS) is 10.8. The smallest absolute Gasteiger partial charge is 0.196 e. The van der Waals surface area contributed by atoms with Gasteiger partial charge in [-0.05, 0) is 23.8 Å². The molecule has 0 saturated heterocycles. The molecule has 4 aromatic rings. The van der Waals surface area contributed by atoms with Gasteiger partial charge in [-0.3, -0.25) is 0 Å². The van der Waals surface area contributed by atoms with Gasteiger partial charge in [0.1, 0.15) is 21.1 Å². The van der Waals surface area contributed by atoms with Crippen molar-refractivity contribution in [2.45, 2.75) is 0 Å². The molecule has 0 saturated carbocycles. The number of hydrogen-bond acceptors (Lipinski definition) is 0. The molecule has 0 aliphatic rings. The van der Waals surface area contributed by atoms with E-state index in [2.05, 4.69) is 120 Å². The Kier molecular flexibility index (Phi) is 4.51. The lowest BCUT2D eigenvalue weighted by atomic mass is 10.1. The summed E-state index contributed by atoms with van der Waals surface area (Å²) in [5.41, 5.74) is 7.17. The molecule has 27 heavy (non-hydrogen) atoms. The summed E-state index contributed by atoms with van der Waals surface area (Å²) in [5, 5.41) is 0. The van der Waals surface area contributed by atoms with Gasteiger partial charge in [0.05, 0.1) is 0 Å². The van der Waals surface area contributed by atoms with Gasteiger partial charge in [0.2, 0.25) is 0 Å². The number of rotatable bonds is 3. The molecule has 3 aromatic heterocycles. The Labute approximate surface area is 160 Å². The first-order valence-electron chi connectivity index (χ1n) is 9.15. The molecule has 3 heterocycles. The van der Waals surface area contributed by atoms with E-state index >= 15 is 0 Å². The van der Waals surface area contributed by atoms with Gasteiger partial charge in [-0.15, -0.1) is 0 Å². The Bertz CT molecular complexity index is 1100. The van der Waals surface area contributed by atoms with Crippen LogP contribution in [0.15, 0.2) is 91.3 Å². The van der Waals surface area contributed by atoms with Crippen LogP contribution in [0.1, 0.15) is 0 Å². The van der Waals surface area contributed by atoms with Gasteiger partial charge < -0.3 is 0 Å². The van der Waals surface area contributed by atoms with Crippen molar-refractivity contribution < 1.29 is 13.7 Å². The monoisotopic (exact) mass is 354 g/mol. The molecule has 0 unspecified atom stereocenters. The maximum atomic E-state index is 2.26. The Morgan fingerprint density at radius 2 is 1.11 bits per heavy atom. The highest BCUT2D eigenvalue weighted by Gasteiger charge is 2.26. The van der Waals surface area contributed by atoms with Crippen molar-refractivity contribution in [1.82, 2.24) is 0 Å². The molecule has 0 fully saturated rings. The molecule has 0 amide bonds. The minimum absolute atomic E-state index is 1.18. The summed E-state index contributed by atoms with van der Waals surface area (Å²) in [6, 6.07) is 27.6. The van der Waals surface area contributed by atoms with Crippen LogP contribution in [0, 0.1) is 0 Å². The van der Waals surface area contributed by atoms with E-state index in [1.165, 1.54) is 33.9 Å². The SMILES string of the molecule is C[n+]1ccccc1-c1cccc(-c2ccc(-c3ccccc3)c[n+]2C)[n+]1C. The standard InChI is InChI=1S/C24H24N3/c1-25-17-8-7-12-21(25)23-13-9-14-24(27(23)3)22-16-15-20(18-26(22)2)19-10-5-4-6-11-19/h4-18H,1-3H3/q+3. The van der Waals surface area contributed by atoms with E-state index in [0.29, 0.717) is 0 Å². The summed E-state index contributed by atoms with van der Waals surface area (Å²) in [5.74, 6) is 0. The van der Waals surface area contributed by atoms with Crippen LogP contribution in [-0.2, 0) is 21.1 Å². The quantitative estimate of drug-likeness (QED) is 0.501. The molecule has 4 rings (SSSR count). The number of aryl methyl sites for hydroxylation is 2. The van der Waals surface area contributed by atoms with Crippen LogP contribution >= 0.6 is 0 Å². The highest BCUT2D eigenvalue weighted by atomic mass is 15.0. The lowest BCUT2D eigenvalue weighted by Crippen LogP contribution is -2.42. The zero-order valence-corrected chi connectivity index (χ0v) is 16.0. The Morgan fingerprint density at radius 1 is 0.481 bits per heavy atom. The van der Waals surface area contributed by atoms with Gasteiger partial charge in [-0.2, -0.15) is 13.7 Å². The average molecular weight is 354 g/mol. The number of benzene rings is 1. The number of aromatic nitrogens is 3. The molecule has 3 nitrogen and oxygen atoms in total. The van der Waals surface area contributed by atoms with Crippen LogP contribution in [0.25, 0.3) is 33.9 Å². The van der Waals surface area contributed by atoms with Gasteiger partial charge >= 0.3 is 0 Å². The highest BCUT2D eigenvalue weighted by Crippen LogP contribution is 2.21. The van der Waals surface area contributed by atoms with Crippen molar-refractivity contribution in [2.75, 3.05) is 0 Å². The van der Waals surface area contributed by atoms with E-state index in [9.17, 15) is 0 Å². The summed E-state index contributed by atoms with van der Waals surface area (Å²) < 4.78 is 6.61. The fourth-order valence-electron chi connectivity index (χ4n) is 3.56. The summed E-state index contributed by atoms with van der Waals surface area (Å²) in [4.78, 5) is 0. The number of pyridine rings is 3. The maximum Gasteiger partial charge on any atom is 0.277 e. The summed E-state index contributed by atoms with van der Waals surface area (Å²) in [7, 11) is 6.32. The molecule has 0 aliphatic heterocycles. The molecule has 0 radical (unpaired) electrons. The van der Waals surface area contributed by atoms with Crippen LogP contribution < -0.4 is 13.7 Å². The lowest BCUT2D eigenvalue weighted by molar-refractivity contribution is -0.697. The van der Waals surface area contributed by atoms with E-state index in [1.54, 1.807) is 0 Å². The fraction of sp³-hybridized carbons (Fsp3) is 0.125. The zero-order chi connectivity index (χ0) is 18.8. The van der Waals surface area contributed by atoms with Gasteiger partial charge in [0.25, 0.3) is 22.8 Å². The molecule has 132 valence electrons. The van der Waals surface area contributed by atoms with Gasteiger partial charge in [-0.1, -0.05) is 30.3 Å². The molecule has 0 bridgehead atoms. The second kappa shape index (κ2) is 7.12. The predicted octanol–water partition coefficient (Wildman–Crippen LogP) is 3.16. The van der Waals surface area contributed by atoms with Crippen LogP contribution in [-0.4, -0.2) is 0 Å². The Hall–Kier alpha value is -3.33. The van der Waals surface area contributed by atoms with Crippen LogP contribution in [0.2, 0.25) is 0 Å². The Morgan fingerprint density at radius 3 is 1.78 bits per heavy atom. The molecular weight excluding hydrogens is 330 g/mol. The van der Waals surface area contributed by atoms with Crippen LogP contribution in [0.4, 0.5) is 0 Å². The van der Waals surface area contributed by atoms with Gasteiger partial charge in [0.15, 0.2) is 12.4 Å². The Balaban J connectivity index is 1.81. The van der Waals surface area contributed by atoms with Crippen LogP contribution in [0.5, 0.6) is 0 Å². The van der Waals surface area contributed by atoms with E-state index in [4.69, 9.17) is 0 Å². The molecule has 0 N–H and O–H groups in total. The summed E-state index contributed by atoms with van der Waals surface area (Å²) in [6.45, 7) is 0. The van der Waals surface area contributed by atoms with Crippen molar-refractivity contribution in [2.24, 2.45) is 21.1 Å². The van der Waals surface area contributed by atoms with Gasteiger partial charge in [-0.25, -0.2) is 0 Å². The minimum atomic E-state index is 1.18. The van der Waals surface area contributed by atoms with Crippen molar-refractivity contribution in [1.29, 1.82) is 0 Å². The van der Waals surface area contributed by atoms with Crippen LogP contribution in [0.3, 0.4) is 0 Å². The number of nitrogens with zero attached hydrogens (tertiary/aromatic N) is 3. The zero-order valence-electron chi connectivity index (χ0n) is 16.0. The molecule has 1 aromatic carbocycles. The predicted molar refractivity (Wildman–Crippen MR) is 106 cm³/mol. The summed E-state index contributed by atoms with van der Waals surface area (Å²) >= 11 is 0. The lowest BCUT2D eigenvalue weighted by Gasteiger charge is -2.05. The third-order valence-corrected chi connectivity index (χ3v) is 5.05. The van der Waals surface area contributed by atoms with E-state index < -0.39 is 0 Å². The van der Waals surface area contributed by atoms with Crippen molar-refractivity contribution in [3.63, 3.8) is 0 Å². The van der Waals surface area contributed by atoms with Gasteiger partial charge in [0, 0.05) is 35.9 Å². The molecule has 0 aliphatic carbocycles. The molecular formula is C24H24N3+3. The maximum absolute atomic E-state index is 2.26. The molecule has 3 heteroatoms. The highest BCUT2D eigenvalue weighted by molar-refractivity contribution is 5.63. The van der Waals surface area contributed by atoms with E-state index in [0.717, 1.165) is 0 Å². The first-order valence-corrected chi connectivity index (χ1v) is 9.15. The molecule has 0 atom stereocenters. The topological polar surface area (TPSA) is 11.6 Å².